The van der Waals surface area contributed by atoms with Gasteiger partial charge in [-0.05, 0) is 59.3 Å². The number of anilines is 1. The fourth-order valence-corrected chi connectivity index (χ4v) is 3.89. The molecule has 152 valence electrons. The number of benzene rings is 3. The van der Waals surface area contributed by atoms with Gasteiger partial charge in [0.05, 0.1) is 34.4 Å². The largest absolute Gasteiger partial charge is 0.507 e. The van der Waals surface area contributed by atoms with E-state index >= 15 is 0 Å². The van der Waals surface area contributed by atoms with Crippen molar-refractivity contribution in [2.75, 3.05) is 11.9 Å². The van der Waals surface area contributed by atoms with Crippen LogP contribution in [0.5, 0.6) is 5.75 Å². The molecule has 1 aromatic heterocycles. The minimum absolute atomic E-state index is 0.0702. The summed E-state index contributed by atoms with van der Waals surface area (Å²) in [5, 5.41) is 14.3. The molecule has 0 atom stereocenters. The van der Waals surface area contributed by atoms with E-state index in [1.807, 2.05) is 71.3 Å². The third kappa shape index (κ3) is 3.78. The molecule has 30 heavy (non-hydrogen) atoms. The molecule has 5 nitrogen and oxygen atoms in total. The molecule has 0 amide bonds. The van der Waals surface area contributed by atoms with Crippen LogP contribution in [0, 0.1) is 0 Å². The Balaban J connectivity index is 1.97. The van der Waals surface area contributed by atoms with Crippen LogP contribution in [0.25, 0.3) is 16.6 Å². The fraction of sp³-hybridized carbons (Fsp3) is 0.125. The molecule has 0 aliphatic rings. The van der Waals surface area contributed by atoms with Crippen molar-refractivity contribution in [2.45, 2.75) is 13.5 Å². The van der Waals surface area contributed by atoms with E-state index < -0.39 is 5.97 Å². The Bertz CT molecular complexity index is 1190. The molecule has 0 unspecified atom stereocenters. The number of ether oxygens (including phenoxy) is 1. The highest BCUT2D eigenvalue weighted by Crippen LogP contribution is 2.37. The number of carbonyl (C=O) groups is 1. The number of carbonyl (C=O) groups excluding carboxylic acids is 1. The topological polar surface area (TPSA) is 63.5 Å². The summed E-state index contributed by atoms with van der Waals surface area (Å²) in [6.07, 6.45) is 0. The normalized spacial score (nSPS) is 10.9. The number of phenolic OH excluding ortho intramolecular Hbond substituents is 1. The number of fused-ring (bicyclic) bond motifs is 1. The Morgan fingerprint density at radius 2 is 1.73 bits per heavy atom. The predicted octanol–water partition coefficient (Wildman–Crippen LogP) is 5.89. The first-order valence-corrected chi connectivity index (χ1v) is 10.5. The number of hydrogen-bond donors (Lipinski definition) is 2. The summed E-state index contributed by atoms with van der Waals surface area (Å²) in [5.74, 6) is -0.343. The van der Waals surface area contributed by atoms with Crippen molar-refractivity contribution < 1.29 is 14.6 Å². The first-order valence-electron chi connectivity index (χ1n) is 9.67. The second-order valence-electron chi connectivity index (χ2n) is 6.75. The Kier molecular flexibility index (Phi) is 5.77. The van der Waals surface area contributed by atoms with Crippen LogP contribution in [0.15, 0.2) is 77.3 Å². The van der Waals surface area contributed by atoms with E-state index in [9.17, 15) is 9.90 Å². The van der Waals surface area contributed by atoms with Gasteiger partial charge in [0.2, 0.25) is 0 Å². The van der Waals surface area contributed by atoms with Crippen LogP contribution in [-0.4, -0.2) is 22.2 Å². The Hall–Kier alpha value is -3.25. The highest BCUT2D eigenvalue weighted by atomic mass is 79.9. The smallest absolute Gasteiger partial charge is 0.340 e. The van der Waals surface area contributed by atoms with Crippen molar-refractivity contribution in [3.63, 3.8) is 0 Å². The van der Waals surface area contributed by atoms with Crippen LogP contribution in [0.1, 0.15) is 23.0 Å². The van der Waals surface area contributed by atoms with Crippen LogP contribution in [0.2, 0.25) is 0 Å². The molecule has 0 aliphatic heterocycles. The molecule has 4 aromatic rings. The van der Waals surface area contributed by atoms with E-state index in [1.165, 1.54) is 0 Å². The molecule has 2 N–H and O–H groups in total. The van der Waals surface area contributed by atoms with E-state index in [1.54, 1.807) is 13.0 Å². The van der Waals surface area contributed by atoms with Gasteiger partial charge in [-0.15, -0.1) is 0 Å². The monoisotopic (exact) mass is 464 g/mol. The second kappa shape index (κ2) is 8.63. The van der Waals surface area contributed by atoms with Gasteiger partial charge in [0.1, 0.15) is 5.75 Å². The standard InChI is InChI=1S/C24H21BrN2O3/c1-2-30-24(29)23-18-13-22(28)19(25)14-20(18)27(17-11-7-4-8-12-17)21(23)15-26-16-9-5-3-6-10-16/h3-14,26,28H,2,15H2,1H3. The summed E-state index contributed by atoms with van der Waals surface area (Å²) in [7, 11) is 0. The number of nitrogens with zero attached hydrogens (tertiary/aromatic N) is 1. The first kappa shape index (κ1) is 20.0. The Morgan fingerprint density at radius 1 is 1.07 bits per heavy atom. The number of phenols is 1. The molecule has 0 saturated heterocycles. The van der Waals surface area contributed by atoms with E-state index in [-0.39, 0.29) is 12.4 Å². The van der Waals surface area contributed by atoms with Crippen molar-refractivity contribution in [1.29, 1.82) is 0 Å². The van der Waals surface area contributed by atoms with E-state index in [4.69, 9.17) is 4.74 Å². The Labute approximate surface area is 183 Å². The lowest BCUT2D eigenvalue weighted by Crippen LogP contribution is -2.13. The lowest BCUT2D eigenvalue weighted by atomic mass is 10.1. The van der Waals surface area contributed by atoms with Crippen molar-refractivity contribution in [2.24, 2.45) is 0 Å². The zero-order valence-corrected chi connectivity index (χ0v) is 18.0. The van der Waals surface area contributed by atoms with Crippen molar-refractivity contribution in [3.05, 3.63) is 88.5 Å². The lowest BCUT2D eigenvalue weighted by Gasteiger charge is -2.14. The zero-order valence-electron chi connectivity index (χ0n) is 16.4. The molecule has 4 rings (SSSR count). The summed E-state index contributed by atoms with van der Waals surface area (Å²) in [5.41, 5.74) is 3.87. The fourth-order valence-electron chi connectivity index (χ4n) is 3.56. The third-order valence-corrected chi connectivity index (χ3v) is 5.50. The summed E-state index contributed by atoms with van der Waals surface area (Å²) in [4.78, 5) is 13.0. The van der Waals surface area contributed by atoms with Gasteiger partial charge in [-0.25, -0.2) is 4.79 Å². The number of aromatic nitrogens is 1. The number of nitrogens with one attached hydrogen (secondary N) is 1. The number of hydrogen-bond acceptors (Lipinski definition) is 4. The molecule has 3 aromatic carbocycles. The molecular weight excluding hydrogens is 444 g/mol. The van der Waals surface area contributed by atoms with Gasteiger partial charge in [-0.3, -0.25) is 0 Å². The first-order chi connectivity index (χ1) is 14.6. The zero-order chi connectivity index (χ0) is 21.1. The molecule has 0 aliphatic carbocycles. The van der Waals surface area contributed by atoms with Crippen LogP contribution in [-0.2, 0) is 11.3 Å². The Morgan fingerprint density at radius 3 is 2.40 bits per heavy atom. The summed E-state index contributed by atoms with van der Waals surface area (Å²) < 4.78 is 7.96. The maximum atomic E-state index is 13.0. The lowest BCUT2D eigenvalue weighted by molar-refractivity contribution is 0.0527. The SMILES string of the molecule is CCOC(=O)c1c(CNc2ccccc2)n(-c2ccccc2)c2cc(Br)c(O)cc12. The van der Waals surface area contributed by atoms with Crippen LogP contribution < -0.4 is 5.32 Å². The van der Waals surface area contributed by atoms with Gasteiger partial charge in [0, 0.05) is 16.8 Å². The highest BCUT2D eigenvalue weighted by Gasteiger charge is 2.25. The summed E-state index contributed by atoms with van der Waals surface area (Å²) in [6.45, 7) is 2.45. The number of esters is 1. The van der Waals surface area contributed by atoms with Crippen LogP contribution in [0.4, 0.5) is 5.69 Å². The van der Waals surface area contributed by atoms with Gasteiger partial charge in [-0.1, -0.05) is 36.4 Å². The van der Waals surface area contributed by atoms with E-state index in [0.29, 0.717) is 22.0 Å². The number of aromatic hydroxyl groups is 1. The van der Waals surface area contributed by atoms with E-state index in [2.05, 4.69) is 21.2 Å². The van der Waals surface area contributed by atoms with E-state index in [0.717, 1.165) is 22.6 Å². The van der Waals surface area contributed by atoms with Gasteiger partial charge < -0.3 is 19.7 Å². The molecule has 0 bridgehead atoms. The number of para-hydroxylation sites is 2. The van der Waals surface area contributed by atoms with Crippen LogP contribution in [0.3, 0.4) is 0 Å². The predicted molar refractivity (Wildman–Crippen MR) is 122 cm³/mol. The average molecular weight is 465 g/mol. The second-order valence-corrected chi connectivity index (χ2v) is 7.61. The third-order valence-electron chi connectivity index (χ3n) is 4.86. The minimum atomic E-state index is -0.413. The molecular formula is C24H21BrN2O3. The molecule has 0 saturated carbocycles. The quantitative estimate of drug-likeness (QED) is 0.349. The minimum Gasteiger partial charge on any atom is -0.507 e. The summed E-state index contributed by atoms with van der Waals surface area (Å²) in [6, 6.07) is 23.1. The average Bonchev–Trinajstić information content (AvgIpc) is 3.07. The number of halogens is 1. The molecule has 0 radical (unpaired) electrons. The maximum absolute atomic E-state index is 13.0. The van der Waals surface area contributed by atoms with Gasteiger partial charge in [-0.2, -0.15) is 0 Å². The highest BCUT2D eigenvalue weighted by molar-refractivity contribution is 9.10. The van der Waals surface area contributed by atoms with Gasteiger partial charge >= 0.3 is 5.97 Å². The van der Waals surface area contributed by atoms with Gasteiger partial charge in [0.15, 0.2) is 0 Å². The molecule has 0 spiro atoms. The molecule has 0 fully saturated rings. The van der Waals surface area contributed by atoms with Crippen LogP contribution >= 0.6 is 15.9 Å². The molecule has 1 heterocycles. The maximum Gasteiger partial charge on any atom is 0.340 e. The number of rotatable bonds is 6. The molecule has 6 heteroatoms. The van der Waals surface area contributed by atoms with Crippen molar-refractivity contribution in [3.8, 4) is 11.4 Å². The van der Waals surface area contributed by atoms with Crippen molar-refractivity contribution in [1.82, 2.24) is 4.57 Å². The van der Waals surface area contributed by atoms with Crippen molar-refractivity contribution >= 4 is 38.5 Å². The summed E-state index contributed by atoms with van der Waals surface area (Å²) >= 11 is 3.41. The van der Waals surface area contributed by atoms with Gasteiger partial charge in [0.25, 0.3) is 0 Å².